The predicted octanol–water partition coefficient (Wildman–Crippen LogP) is -0.0898. The van der Waals surface area contributed by atoms with Crippen molar-refractivity contribution in [3.63, 3.8) is 0 Å². The molecule has 2 amide bonds. The number of rotatable bonds is 3. The summed E-state index contributed by atoms with van der Waals surface area (Å²) in [6.45, 7) is 2.69. The second-order valence-electron chi connectivity index (χ2n) is 4.98. The van der Waals surface area contributed by atoms with Crippen LogP contribution in [-0.2, 0) is 22.6 Å². The van der Waals surface area contributed by atoms with E-state index in [2.05, 4.69) is 10.9 Å². The number of carbonyl (C=O) groups is 3. The van der Waals surface area contributed by atoms with Crippen molar-refractivity contribution in [2.45, 2.75) is 19.9 Å². The molecule has 0 radical (unpaired) electrons. The molecule has 0 fully saturated rings. The van der Waals surface area contributed by atoms with E-state index >= 15 is 0 Å². The van der Waals surface area contributed by atoms with Crippen LogP contribution in [0.4, 0.5) is 0 Å². The Labute approximate surface area is 121 Å². The Morgan fingerprint density at radius 2 is 2.00 bits per heavy atom. The Balaban J connectivity index is 1.98. The molecule has 0 spiro atoms. The third-order valence-electron chi connectivity index (χ3n) is 3.29. The standard InChI is InChI=1S/C14H17N3O4/c1-9(18)15-16-13(19)8-17-5-4-10-2-3-11(14(20)21)6-12(10)7-17/h2-3,6H,4-5,7-8H2,1H3,(H,15,18)(H,16,19)(H,20,21). The Morgan fingerprint density at radius 3 is 2.67 bits per heavy atom. The Kier molecular flexibility index (Phi) is 4.54. The van der Waals surface area contributed by atoms with Gasteiger partial charge < -0.3 is 5.11 Å². The summed E-state index contributed by atoms with van der Waals surface area (Å²) in [7, 11) is 0. The molecule has 112 valence electrons. The van der Waals surface area contributed by atoms with E-state index < -0.39 is 5.97 Å². The number of carboxylic acid groups (broad SMARTS) is 1. The number of aromatic carboxylic acids is 1. The van der Waals surface area contributed by atoms with Crippen molar-refractivity contribution >= 4 is 17.8 Å². The first kappa shape index (κ1) is 15.0. The zero-order chi connectivity index (χ0) is 15.4. The number of nitrogens with zero attached hydrogens (tertiary/aromatic N) is 1. The average molecular weight is 291 g/mol. The third kappa shape index (κ3) is 4.03. The summed E-state index contributed by atoms with van der Waals surface area (Å²) in [5.74, 6) is -1.60. The van der Waals surface area contributed by atoms with Crippen molar-refractivity contribution in [3.8, 4) is 0 Å². The van der Waals surface area contributed by atoms with E-state index in [0.717, 1.165) is 17.5 Å². The molecule has 7 heteroatoms. The molecule has 0 unspecified atom stereocenters. The van der Waals surface area contributed by atoms with E-state index in [1.54, 1.807) is 12.1 Å². The molecule has 1 aromatic rings. The molecule has 0 bridgehead atoms. The number of carbonyl (C=O) groups excluding carboxylic acids is 2. The largest absolute Gasteiger partial charge is 0.478 e. The summed E-state index contributed by atoms with van der Waals surface area (Å²) in [4.78, 5) is 35.2. The fourth-order valence-corrected chi connectivity index (χ4v) is 2.28. The quantitative estimate of drug-likeness (QED) is 0.676. The van der Waals surface area contributed by atoms with Crippen LogP contribution >= 0.6 is 0 Å². The first-order valence-electron chi connectivity index (χ1n) is 6.58. The summed E-state index contributed by atoms with van der Waals surface area (Å²) in [5, 5.41) is 9.00. The lowest BCUT2D eigenvalue weighted by atomic mass is 9.97. The van der Waals surface area contributed by atoms with Crippen LogP contribution in [0.25, 0.3) is 0 Å². The van der Waals surface area contributed by atoms with E-state index in [9.17, 15) is 14.4 Å². The van der Waals surface area contributed by atoms with Crippen LogP contribution in [0.3, 0.4) is 0 Å². The van der Waals surface area contributed by atoms with Gasteiger partial charge in [0.15, 0.2) is 0 Å². The molecule has 1 aromatic carbocycles. The zero-order valence-electron chi connectivity index (χ0n) is 11.7. The molecular weight excluding hydrogens is 274 g/mol. The van der Waals surface area contributed by atoms with Crippen LogP contribution in [0.1, 0.15) is 28.4 Å². The summed E-state index contributed by atoms with van der Waals surface area (Å²) in [5.41, 5.74) is 6.83. The van der Waals surface area contributed by atoms with Crippen LogP contribution in [0.15, 0.2) is 18.2 Å². The van der Waals surface area contributed by atoms with E-state index in [1.807, 2.05) is 11.0 Å². The SMILES string of the molecule is CC(=O)NNC(=O)CN1CCc2ccc(C(=O)O)cc2C1. The lowest BCUT2D eigenvalue weighted by Gasteiger charge is -2.28. The third-order valence-corrected chi connectivity index (χ3v) is 3.29. The molecule has 7 nitrogen and oxygen atoms in total. The molecule has 0 aromatic heterocycles. The van der Waals surface area contributed by atoms with Gasteiger partial charge in [-0.3, -0.25) is 25.3 Å². The normalized spacial score (nSPS) is 14.1. The molecule has 2 rings (SSSR count). The van der Waals surface area contributed by atoms with Gasteiger partial charge in [0.1, 0.15) is 0 Å². The van der Waals surface area contributed by atoms with Crippen LogP contribution in [0.2, 0.25) is 0 Å². The number of carboxylic acids is 1. The monoisotopic (exact) mass is 291 g/mol. The van der Waals surface area contributed by atoms with Gasteiger partial charge in [-0.2, -0.15) is 0 Å². The van der Waals surface area contributed by atoms with Gasteiger partial charge in [-0.1, -0.05) is 6.07 Å². The Morgan fingerprint density at radius 1 is 1.24 bits per heavy atom. The molecule has 0 saturated carbocycles. The van der Waals surface area contributed by atoms with E-state index in [0.29, 0.717) is 13.1 Å². The first-order chi connectivity index (χ1) is 9.95. The van der Waals surface area contributed by atoms with E-state index in [1.165, 1.54) is 6.92 Å². The number of nitrogens with one attached hydrogen (secondary N) is 2. The molecule has 3 N–H and O–H groups in total. The maximum atomic E-state index is 11.6. The van der Waals surface area contributed by atoms with Crippen molar-refractivity contribution < 1.29 is 19.5 Å². The number of amides is 2. The number of hydrogen-bond acceptors (Lipinski definition) is 4. The Hall–Kier alpha value is -2.41. The van der Waals surface area contributed by atoms with Crippen LogP contribution in [0, 0.1) is 0 Å². The van der Waals surface area contributed by atoms with Gasteiger partial charge in [0.05, 0.1) is 12.1 Å². The Bertz CT molecular complexity index is 586. The highest BCUT2D eigenvalue weighted by Gasteiger charge is 2.19. The maximum Gasteiger partial charge on any atom is 0.335 e. The minimum Gasteiger partial charge on any atom is -0.478 e. The average Bonchev–Trinajstić information content (AvgIpc) is 2.44. The maximum absolute atomic E-state index is 11.6. The number of fused-ring (bicyclic) bond motifs is 1. The zero-order valence-corrected chi connectivity index (χ0v) is 11.7. The van der Waals surface area contributed by atoms with Crippen LogP contribution in [0.5, 0.6) is 0 Å². The van der Waals surface area contributed by atoms with Gasteiger partial charge in [0.25, 0.3) is 5.91 Å². The van der Waals surface area contributed by atoms with E-state index in [-0.39, 0.29) is 23.9 Å². The molecule has 0 aliphatic carbocycles. The van der Waals surface area contributed by atoms with Gasteiger partial charge in [0.2, 0.25) is 5.91 Å². The highest BCUT2D eigenvalue weighted by molar-refractivity contribution is 5.88. The van der Waals surface area contributed by atoms with Crippen molar-refractivity contribution in [2.75, 3.05) is 13.1 Å². The first-order valence-corrected chi connectivity index (χ1v) is 6.58. The lowest BCUT2D eigenvalue weighted by molar-refractivity contribution is -0.128. The topological polar surface area (TPSA) is 98.7 Å². The minimum absolute atomic E-state index is 0.150. The summed E-state index contributed by atoms with van der Waals surface area (Å²) < 4.78 is 0. The summed E-state index contributed by atoms with van der Waals surface area (Å²) in [6, 6.07) is 5.07. The van der Waals surface area contributed by atoms with E-state index in [4.69, 9.17) is 5.11 Å². The van der Waals surface area contributed by atoms with Gasteiger partial charge in [0, 0.05) is 20.0 Å². The highest BCUT2D eigenvalue weighted by atomic mass is 16.4. The van der Waals surface area contributed by atoms with Crippen molar-refractivity contribution in [3.05, 3.63) is 34.9 Å². The predicted molar refractivity (Wildman–Crippen MR) is 74.3 cm³/mol. The second kappa shape index (κ2) is 6.36. The van der Waals surface area contributed by atoms with Crippen molar-refractivity contribution in [1.29, 1.82) is 0 Å². The minimum atomic E-state index is -0.960. The molecule has 21 heavy (non-hydrogen) atoms. The fraction of sp³-hybridized carbons (Fsp3) is 0.357. The fourth-order valence-electron chi connectivity index (χ4n) is 2.28. The molecule has 0 atom stereocenters. The van der Waals surface area contributed by atoms with Gasteiger partial charge in [-0.05, 0) is 29.7 Å². The lowest BCUT2D eigenvalue weighted by Crippen LogP contribution is -2.46. The van der Waals surface area contributed by atoms with Gasteiger partial charge in [-0.25, -0.2) is 4.79 Å². The van der Waals surface area contributed by atoms with Gasteiger partial charge in [-0.15, -0.1) is 0 Å². The van der Waals surface area contributed by atoms with Crippen LogP contribution in [-0.4, -0.2) is 40.9 Å². The van der Waals surface area contributed by atoms with Crippen molar-refractivity contribution in [1.82, 2.24) is 15.8 Å². The summed E-state index contributed by atoms with van der Waals surface area (Å²) in [6.07, 6.45) is 0.767. The molecule has 1 heterocycles. The van der Waals surface area contributed by atoms with Crippen molar-refractivity contribution in [2.24, 2.45) is 0 Å². The highest BCUT2D eigenvalue weighted by Crippen LogP contribution is 2.20. The number of hydrazine groups is 1. The van der Waals surface area contributed by atoms with Gasteiger partial charge >= 0.3 is 5.97 Å². The molecular formula is C14H17N3O4. The number of benzene rings is 1. The smallest absolute Gasteiger partial charge is 0.335 e. The molecule has 1 aliphatic rings. The van der Waals surface area contributed by atoms with Crippen LogP contribution < -0.4 is 10.9 Å². The second-order valence-corrected chi connectivity index (χ2v) is 4.98. The number of hydrogen-bond donors (Lipinski definition) is 3. The summed E-state index contributed by atoms with van der Waals surface area (Å²) >= 11 is 0. The molecule has 1 aliphatic heterocycles. The molecule has 0 saturated heterocycles.